The van der Waals surface area contributed by atoms with Gasteiger partial charge in [-0.3, -0.25) is 9.59 Å². The van der Waals surface area contributed by atoms with Crippen LogP contribution in [0.2, 0.25) is 0 Å². The fraction of sp³-hybridized carbons (Fsp3) is 0.455. The predicted octanol–water partition coefficient (Wildman–Crippen LogP) is 3.97. The lowest BCUT2D eigenvalue weighted by Gasteiger charge is -2.31. The van der Waals surface area contributed by atoms with Gasteiger partial charge in [-0.2, -0.15) is 11.8 Å². The maximum atomic E-state index is 13.4. The normalized spacial score (nSPS) is 21.3. The Morgan fingerprint density at radius 3 is 2.86 bits per heavy atom. The molecule has 7 heteroatoms. The molecule has 0 bridgehead atoms. The molecule has 1 aromatic heterocycles. The first-order chi connectivity index (χ1) is 14.1. The standard InChI is InChI=1S/C22H26N2O4S/c1-15-6-7-16(12-19(15)23-21(25)20-5-3-10-28-20)22(26)24(17-8-11-29-14-17)13-18-4-2-9-27-18/h3,5-7,10,12,17-18H,2,4,8-9,11,13-14H2,1H3,(H,23,25). The average molecular weight is 415 g/mol. The van der Waals surface area contributed by atoms with Crippen LogP contribution >= 0.6 is 11.8 Å². The van der Waals surface area contributed by atoms with Gasteiger partial charge in [0.05, 0.1) is 12.4 Å². The van der Waals surface area contributed by atoms with Gasteiger partial charge in [0.1, 0.15) is 0 Å². The summed E-state index contributed by atoms with van der Waals surface area (Å²) >= 11 is 1.89. The molecule has 0 radical (unpaired) electrons. The van der Waals surface area contributed by atoms with Crippen LogP contribution in [-0.4, -0.2) is 53.5 Å². The van der Waals surface area contributed by atoms with Crippen LogP contribution in [0.5, 0.6) is 0 Å². The van der Waals surface area contributed by atoms with Gasteiger partial charge < -0.3 is 19.4 Å². The van der Waals surface area contributed by atoms with Crippen LogP contribution in [0.1, 0.15) is 45.7 Å². The molecule has 2 aliphatic heterocycles. The van der Waals surface area contributed by atoms with Crippen molar-refractivity contribution < 1.29 is 18.7 Å². The van der Waals surface area contributed by atoms with Crippen LogP contribution in [0.15, 0.2) is 41.0 Å². The van der Waals surface area contributed by atoms with E-state index in [1.165, 1.54) is 6.26 Å². The molecule has 2 amide bonds. The third-order valence-electron chi connectivity index (χ3n) is 5.51. The molecule has 0 saturated carbocycles. The first-order valence-electron chi connectivity index (χ1n) is 10.1. The van der Waals surface area contributed by atoms with E-state index in [2.05, 4.69) is 5.32 Å². The van der Waals surface area contributed by atoms with E-state index in [0.717, 1.165) is 42.9 Å². The van der Waals surface area contributed by atoms with Gasteiger partial charge in [0.2, 0.25) is 0 Å². The Morgan fingerprint density at radius 2 is 2.17 bits per heavy atom. The Hall–Kier alpha value is -2.25. The fourth-order valence-corrected chi connectivity index (χ4v) is 5.04. The number of aryl methyl sites for hydroxylation is 1. The summed E-state index contributed by atoms with van der Waals surface area (Å²) in [6.07, 6.45) is 4.65. The molecular weight excluding hydrogens is 388 g/mol. The van der Waals surface area contributed by atoms with Crippen molar-refractivity contribution in [3.8, 4) is 0 Å². The number of thioether (sulfide) groups is 1. The van der Waals surface area contributed by atoms with Gasteiger partial charge >= 0.3 is 0 Å². The van der Waals surface area contributed by atoms with Crippen LogP contribution in [0, 0.1) is 6.92 Å². The number of rotatable bonds is 6. The minimum absolute atomic E-state index is 0.00139. The van der Waals surface area contributed by atoms with Gasteiger partial charge in [0.15, 0.2) is 5.76 Å². The summed E-state index contributed by atoms with van der Waals surface area (Å²) in [5.74, 6) is 1.96. The topological polar surface area (TPSA) is 71.8 Å². The van der Waals surface area contributed by atoms with Crippen LogP contribution in [0.25, 0.3) is 0 Å². The fourth-order valence-electron chi connectivity index (χ4n) is 3.82. The number of carbonyl (C=O) groups is 2. The second kappa shape index (κ2) is 9.05. The van der Waals surface area contributed by atoms with Crippen molar-refractivity contribution in [3.63, 3.8) is 0 Å². The number of hydrogen-bond acceptors (Lipinski definition) is 5. The van der Waals surface area contributed by atoms with E-state index in [0.29, 0.717) is 17.8 Å². The Labute approximate surface area is 175 Å². The monoisotopic (exact) mass is 414 g/mol. The van der Waals surface area contributed by atoms with Crippen molar-refractivity contribution in [1.82, 2.24) is 4.90 Å². The SMILES string of the molecule is Cc1ccc(C(=O)N(CC2CCCO2)C2CCSC2)cc1NC(=O)c1ccco1. The highest BCUT2D eigenvalue weighted by atomic mass is 32.2. The number of carbonyl (C=O) groups excluding carboxylic acids is 2. The summed E-state index contributed by atoms with van der Waals surface area (Å²) in [6.45, 7) is 3.31. The molecule has 29 heavy (non-hydrogen) atoms. The van der Waals surface area contributed by atoms with Gasteiger partial charge in [-0.15, -0.1) is 0 Å². The summed E-state index contributed by atoms with van der Waals surface area (Å²) in [4.78, 5) is 27.8. The number of hydrogen-bond donors (Lipinski definition) is 1. The van der Waals surface area contributed by atoms with Crippen LogP contribution in [0.4, 0.5) is 5.69 Å². The maximum absolute atomic E-state index is 13.4. The first kappa shape index (κ1) is 20.0. The number of anilines is 1. The highest BCUT2D eigenvalue weighted by Crippen LogP contribution is 2.27. The second-order valence-corrected chi connectivity index (χ2v) is 8.72. The lowest BCUT2D eigenvalue weighted by atomic mass is 10.1. The largest absolute Gasteiger partial charge is 0.459 e. The molecule has 1 aromatic carbocycles. The minimum Gasteiger partial charge on any atom is -0.459 e. The minimum atomic E-state index is -0.328. The van der Waals surface area contributed by atoms with Gasteiger partial charge in [-0.25, -0.2) is 0 Å². The van der Waals surface area contributed by atoms with E-state index >= 15 is 0 Å². The second-order valence-electron chi connectivity index (χ2n) is 7.57. The van der Waals surface area contributed by atoms with Gasteiger partial charge in [0.25, 0.3) is 11.8 Å². The number of ether oxygens (including phenoxy) is 1. The molecular formula is C22H26N2O4S. The highest BCUT2D eigenvalue weighted by molar-refractivity contribution is 7.99. The molecule has 2 aromatic rings. The lowest BCUT2D eigenvalue weighted by molar-refractivity contribution is 0.0442. The molecule has 154 valence electrons. The molecule has 6 nitrogen and oxygen atoms in total. The quantitative estimate of drug-likeness (QED) is 0.774. The molecule has 2 aliphatic rings. The number of nitrogens with one attached hydrogen (secondary N) is 1. The summed E-state index contributed by atoms with van der Waals surface area (Å²) in [6, 6.07) is 9.00. The Bertz CT molecular complexity index is 856. The third-order valence-corrected chi connectivity index (χ3v) is 6.65. The summed E-state index contributed by atoms with van der Waals surface area (Å²) < 4.78 is 11.0. The van der Waals surface area contributed by atoms with Crippen molar-refractivity contribution in [2.24, 2.45) is 0 Å². The zero-order valence-electron chi connectivity index (χ0n) is 16.6. The molecule has 2 atom stereocenters. The molecule has 1 N–H and O–H groups in total. The average Bonchev–Trinajstić information content (AvgIpc) is 3.50. The van der Waals surface area contributed by atoms with Gasteiger partial charge in [-0.1, -0.05) is 6.07 Å². The molecule has 4 rings (SSSR count). The number of amides is 2. The molecule has 3 heterocycles. The molecule has 0 spiro atoms. The van der Waals surface area contributed by atoms with E-state index in [9.17, 15) is 9.59 Å². The van der Waals surface area contributed by atoms with E-state index in [4.69, 9.17) is 9.15 Å². The Balaban J connectivity index is 1.54. The zero-order chi connectivity index (χ0) is 20.2. The van der Waals surface area contributed by atoms with Crippen LogP contribution in [-0.2, 0) is 4.74 Å². The molecule has 2 saturated heterocycles. The van der Waals surface area contributed by atoms with E-state index in [1.54, 1.807) is 18.2 Å². The van der Waals surface area contributed by atoms with Crippen molar-refractivity contribution >= 4 is 29.3 Å². The first-order valence-corrected chi connectivity index (χ1v) is 11.2. The van der Waals surface area contributed by atoms with Crippen molar-refractivity contribution in [2.45, 2.75) is 38.3 Å². The van der Waals surface area contributed by atoms with E-state index < -0.39 is 0 Å². The maximum Gasteiger partial charge on any atom is 0.291 e. The zero-order valence-corrected chi connectivity index (χ0v) is 17.4. The Kier molecular flexibility index (Phi) is 6.25. The Morgan fingerprint density at radius 1 is 1.28 bits per heavy atom. The van der Waals surface area contributed by atoms with E-state index in [1.807, 2.05) is 35.7 Å². The van der Waals surface area contributed by atoms with Gasteiger partial charge in [-0.05, 0) is 61.8 Å². The number of furan rings is 1. The van der Waals surface area contributed by atoms with Gasteiger partial charge in [0, 0.05) is 36.2 Å². The van der Waals surface area contributed by atoms with Crippen molar-refractivity contribution in [3.05, 3.63) is 53.5 Å². The molecule has 2 fully saturated rings. The lowest BCUT2D eigenvalue weighted by Crippen LogP contribution is -2.44. The number of nitrogens with zero attached hydrogens (tertiary/aromatic N) is 1. The number of benzene rings is 1. The molecule has 0 aliphatic carbocycles. The van der Waals surface area contributed by atoms with Crippen LogP contribution in [0.3, 0.4) is 0 Å². The predicted molar refractivity (Wildman–Crippen MR) is 114 cm³/mol. The molecule has 2 unspecified atom stereocenters. The van der Waals surface area contributed by atoms with Crippen LogP contribution < -0.4 is 5.32 Å². The van der Waals surface area contributed by atoms with Crippen molar-refractivity contribution in [1.29, 1.82) is 0 Å². The van der Waals surface area contributed by atoms with Crippen molar-refractivity contribution in [2.75, 3.05) is 30.0 Å². The summed E-state index contributed by atoms with van der Waals surface area (Å²) in [5, 5.41) is 2.86. The summed E-state index contributed by atoms with van der Waals surface area (Å²) in [5.41, 5.74) is 2.10. The smallest absolute Gasteiger partial charge is 0.291 e. The highest BCUT2D eigenvalue weighted by Gasteiger charge is 2.31. The van der Waals surface area contributed by atoms with E-state index in [-0.39, 0.29) is 29.7 Å². The summed E-state index contributed by atoms with van der Waals surface area (Å²) in [7, 11) is 0. The third kappa shape index (κ3) is 4.67.